The van der Waals surface area contributed by atoms with Crippen LogP contribution in [-0.2, 0) is 13.5 Å². The van der Waals surface area contributed by atoms with Crippen LogP contribution in [0.4, 0.5) is 0 Å². The highest BCUT2D eigenvalue weighted by atomic mass is 35.5. The lowest BCUT2D eigenvalue weighted by atomic mass is 10.0. The first kappa shape index (κ1) is 12.6. The van der Waals surface area contributed by atoms with Crippen molar-refractivity contribution < 1.29 is 9.90 Å². The van der Waals surface area contributed by atoms with E-state index in [9.17, 15) is 4.79 Å². The minimum absolute atomic E-state index is 0.0366. The molecule has 0 aliphatic carbocycles. The van der Waals surface area contributed by atoms with Crippen molar-refractivity contribution in [1.82, 2.24) is 9.78 Å². The number of carbonyl (C=O) groups is 1. The maximum absolute atomic E-state index is 10.9. The first-order valence-corrected chi connectivity index (χ1v) is 5.97. The largest absolute Gasteiger partial charge is 0.476 e. The number of halogens is 1. The fourth-order valence-corrected chi connectivity index (χ4v) is 2.09. The Labute approximate surface area is 110 Å². The summed E-state index contributed by atoms with van der Waals surface area (Å²) in [4.78, 5) is 10.9. The minimum Gasteiger partial charge on any atom is -0.476 e. The number of aryl methyl sites for hydroxylation is 2. The lowest BCUT2D eigenvalue weighted by Gasteiger charge is -2.08. The van der Waals surface area contributed by atoms with Crippen LogP contribution in [0, 0.1) is 0 Å². The van der Waals surface area contributed by atoms with Crippen LogP contribution in [0.2, 0.25) is 5.02 Å². The molecule has 0 atom stereocenters. The summed E-state index contributed by atoms with van der Waals surface area (Å²) in [5.41, 5.74) is 2.83. The Morgan fingerprint density at radius 3 is 2.72 bits per heavy atom. The van der Waals surface area contributed by atoms with Gasteiger partial charge in [-0.1, -0.05) is 24.6 Å². The highest BCUT2D eigenvalue weighted by Crippen LogP contribution is 2.27. The second kappa shape index (κ2) is 4.82. The first-order valence-electron chi connectivity index (χ1n) is 5.59. The molecule has 0 unspecified atom stereocenters. The van der Waals surface area contributed by atoms with Gasteiger partial charge in [0.05, 0.1) is 5.69 Å². The van der Waals surface area contributed by atoms with Gasteiger partial charge in [-0.3, -0.25) is 4.68 Å². The summed E-state index contributed by atoms with van der Waals surface area (Å²) in [6.45, 7) is 2.04. The molecule has 94 valence electrons. The number of benzene rings is 1. The Balaban J connectivity index is 2.60. The van der Waals surface area contributed by atoms with Gasteiger partial charge in [-0.25, -0.2) is 4.79 Å². The van der Waals surface area contributed by atoms with Crippen LogP contribution in [-0.4, -0.2) is 20.9 Å². The average Bonchev–Trinajstić information content (AvgIpc) is 2.71. The number of aromatic carboxylic acids is 1. The normalized spacial score (nSPS) is 10.6. The van der Waals surface area contributed by atoms with Crippen molar-refractivity contribution in [2.75, 3.05) is 0 Å². The van der Waals surface area contributed by atoms with Gasteiger partial charge in [-0.05, 0) is 30.2 Å². The molecule has 0 saturated heterocycles. The van der Waals surface area contributed by atoms with Gasteiger partial charge < -0.3 is 5.11 Å². The zero-order chi connectivity index (χ0) is 13.3. The molecule has 0 aliphatic heterocycles. The molecular weight excluding hydrogens is 252 g/mol. The molecule has 0 saturated carbocycles. The standard InChI is InChI=1S/C13H13ClN2O2/c1-3-8-4-5-9(14)6-10(8)12-7-11(13(17)18)15-16(12)2/h4-7H,3H2,1-2H3,(H,17,18). The molecule has 18 heavy (non-hydrogen) atoms. The van der Waals surface area contributed by atoms with Gasteiger partial charge in [0, 0.05) is 17.6 Å². The molecule has 0 spiro atoms. The summed E-state index contributed by atoms with van der Waals surface area (Å²) in [7, 11) is 1.72. The second-order valence-electron chi connectivity index (χ2n) is 4.00. The van der Waals surface area contributed by atoms with E-state index in [0.717, 1.165) is 23.2 Å². The smallest absolute Gasteiger partial charge is 0.356 e. The molecule has 1 aromatic carbocycles. The highest BCUT2D eigenvalue weighted by Gasteiger charge is 2.14. The third-order valence-electron chi connectivity index (χ3n) is 2.83. The van der Waals surface area contributed by atoms with Crippen LogP contribution < -0.4 is 0 Å². The van der Waals surface area contributed by atoms with E-state index in [4.69, 9.17) is 16.7 Å². The van der Waals surface area contributed by atoms with E-state index < -0.39 is 5.97 Å². The number of hydrogen-bond donors (Lipinski definition) is 1. The van der Waals surface area contributed by atoms with Crippen LogP contribution in [0.1, 0.15) is 23.0 Å². The molecule has 5 heteroatoms. The second-order valence-corrected chi connectivity index (χ2v) is 4.44. The Morgan fingerprint density at radius 2 is 2.17 bits per heavy atom. The number of carboxylic acid groups (broad SMARTS) is 1. The molecule has 0 fully saturated rings. The molecule has 1 N–H and O–H groups in total. The third kappa shape index (κ3) is 2.24. The van der Waals surface area contributed by atoms with Crippen molar-refractivity contribution in [3.63, 3.8) is 0 Å². The van der Waals surface area contributed by atoms with Crippen molar-refractivity contribution in [3.8, 4) is 11.3 Å². The zero-order valence-corrected chi connectivity index (χ0v) is 10.9. The molecule has 0 radical (unpaired) electrons. The van der Waals surface area contributed by atoms with E-state index in [2.05, 4.69) is 5.10 Å². The number of nitrogens with zero attached hydrogens (tertiary/aromatic N) is 2. The average molecular weight is 265 g/mol. The van der Waals surface area contributed by atoms with Crippen LogP contribution in [0.5, 0.6) is 0 Å². The molecule has 2 aromatic rings. The third-order valence-corrected chi connectivity index (χ3v) is 3.06. The van der Waals surface area contributed by atoms with E-state index in [1.165, 1.54) is 0 Å². The highest BCUT2D eigenvalue weighted by molar-refractivity contribution is 6.30. The van der Waals surface area contributed by atoms with Crippen molar-refractivity contribution in [1.29, 1.82) is 0 Å². The topological polar surface area (TPSA) is 55.1 Å². The summed E-state index contributed by atoms with van der Waals surface area (Å²) < 4.78 is 1.56. The predicted molar refractivity (Wildman–Crippen MR) is 70.0 cm³/mol. The molecule has 0 bridgehead atoms. The molecular formula is C13H13ClN2O2. The van der Waals surface area contributed by atoms with Gasteiger partial charge in [0.1, 0.15) is 0 Å². The monoisotopic (exact) mass is 264 g/mol. The first-order chi connectivity index (χ1) is 8.52. The van der Waals surface area contributed by atoms with E-state index in [1.807, 2.05) is 25.1 Å². The van der Waals surface area contributed by atoms with Crippen molar-refractivity contribution in [2.24, 2.45) is 7.05 Å². The lowest BCUT2D eigenvalue weighted by Crippen LogP contribution is -1.99. The summed E-state index contributed by atoms with van der Waals surface area (Å²) >= 11 is 6.00. The molecule has 4 nitrogen and oxygen atoms in total. The summed E-state index contributed by atoms with van der Waals surface area (Å²) in [6, 6.07) is 7.18. The van der Waals surface area contributed by atoms with Crippen LogP contribution in [0.15, 0.2) is 24.3 Å². The van der Waals surface area contributed by atoms with E-state index in [1.54, 1.807) is 17.8 Å². The van der Waals surface area contributed by atoms with E-state index >= 15 is 0 Å². The Morgan fingerprint density at radius 1 is 1.44 bits per heavy atom. The Bertz CT molecular complexity index is 605. The lowest BCUT2D eigenvalue weighted by molar-refractivity contribution is 0.0689. The zero-order valence-electron chi connectivity index (χ0n) is 10.1. The van der Waals surface area contributed by atoms with Crippen LogP contribution in [0.25, 0.3) is 11.3 Å². The van der Waals surface area contributed by atoms with Gasteiger partial charge in [0.25, 0.3) is 0 Å². The predicted octanol–water partition coefficient (Wildman–Crippen LogP) is 3.00. The summed E-state index contributed by atoms with van der Waals surface area (Å²) in [5, 5.41) is 13.5. The van der Waals surface area contributed by atoms with Crippen molar-refractivity contribution in [2.45, 2.75) is 13.3 Å². The molecule has 1 aromatic heterocycles. The maximum atomic E-state index is 10.9. The van der Waals surface area contributed by atoms with Gasteiger partial charge >= 0.3 is 5.97 Å². The van der Waals surface area contributed by atoms with Crippen molar-refractivity contribution in [3.05, 3.63) is 40.5 Å². The summed E-state index contributed by atoms with van der Waals surface area (Å²) in [6.07, 6.45) is 0.847. The van der Waals surface area contributed by atoms with Crippen LogP contribution in [0.3, 0.4) is 0 Å². The van der Waals surface area contributed by atoms with Gasteiger partial charge in [0.2, 0.25) is 0 Å². The SMILES string of the molecule is CCc1ccc(Cl)cc1-c1cc(C(=O)O)nn1C. The Hall–Kier alpha value is -1.81. The Kier molecular flexibility index (Phi) is 3.39. The van der Waals surface area contributed by atoms with Gasteiger partial charge in [0.15, 0.2) is 5.69 Å². The number of aromatic nitrogens is 2. The van der Waals surface area contributed by atoms with Gasteiger partial charge in [-0.2, -0.15) is 5.10 Å². The molecule has 2 rings (SSSR count). The molecule has 0 amide bonds. The van der Waals surface area contributed by atoms with E-state index in [-0.39, 0.29) is 5.69 Å². The minimum atomic E-state index is -1.03. The fraction of sp³-hybridized carbons (Fsp3) is 0.231. The van der Waals surface area contributed by atoms with Crippen molar-refractivity contribution >= 4 is 17.6 Å². The maximum Gasteiger partial charge on any atom is 0.356 e. The molecule has 0 aliphatic rings. The van der Waals surface area contributed by atoms with Gasteiger partial charge in [-0.15, -0.1) is 0 Å². The number of hydrogen-bond acceptors (Lipinski definition) is 2. The van der Waals surface area contributed by atoms with Crippen LogP contribution >= 0.6 is 11.6 Å². The summed E-state index contributed by atoms with van der Waals surface area (Å²) in [5.74, 6) is -1.03. The molecule has 1 heterocycles. The number of carboxylic acids is 1. The fourth-order valence-electron chi connectivity index (χ4n) is 1.92. The quantitative estimate of drug-likeness (QED) is 0.927. The van der Waals surface area contributed by atoms with E-state index in [0.29, 0.717) is 5.02 Å². The number of rotatable bonds is 3.